The van der Waals surface area contributed by atoms with Crippen LogP contribution < -0.4 is 10.2 Å². The lowest BCUT2D eigenvalue weighted by atomic mass is 10.1. The number of nitrogens with zero attached hydrogens (tertiary/aromatic N) is 4. The van der Waals surface area contributed by atoms with Crippen LogP contribution in [0.1, 0.15) is 50.5 Å². The van der Waals surface area contributed by atoms with Crippen molar-refractivity contribution in [3.8, 4) is 0 Å². The molecule has 1 unspecified atom stereocenters. The average molecular weight is 404 g/mol. The van der Waals surface area contributed by atoms with E-state index in [0.717, 1.165) is 56.5 Å². The summed E-state index contributed by atoms with van der Waals surface area (Å²) < 4.78 is 0. The first kappa shape index (κ1) is 22.9. The van der Waals surface area contributed by atoms with Crippen LogP contribution in [0.25, 0.3) is 0 Å². The molecule has 1 aromatic heterocycles. The van der Waals surface area contributed by atoms with Crippen LogP contribution in [0, 0.1) is 6.92 Å². The van der Waals surface area contributed by atoms with Gasteiger partial charge in [-0.15, -0.1) is 24.8 Å². The van der Waals surface area contributed by atoms with Crippen LogP contribution in [0.5, 0.6) is 0 Å². The third-order valence-corrected chi connectivity index (χ3v) is 4.91. The predicted molar refractivity (Wildman–Crippen MR) is 110 cm³/mol. The maximum Gasteiger partial charge on any atom is 0.224 e. The molecular weight excluding hydrogens is 373 g/mol. The molecule has 2 aliphatic rings. The van der Waals surface area contributed by atoms with E-state index in [1.807, 2.05) is 17.9 Å². The van der Waals surface area contributed by atoms with Gasteiger partial charge in [0.25, 0.3) is 0 Å². The molecule has 1 aromatic rings. The number of carbonyl (C=O) groups is 1. The van der Waals surface area contributed by atoms with Crippen molar-refractivity contribution >= 4 is 36.5 Å². The summed E-state index contributed by atoms with van der Waals surface area (Å²) in [6.07, 6.45) is 2.96. The first-order chi connectivity index (χ1) is 11.5. The quantitative estimate of drug-likeness (QED) is 0.836. The Hall–Kier alpha value is -1.11. The second-order valence-corrected chi connectivity index (χ2v) is 7.25. The summed E-state index contributed by atoms with van der Waals surface area (Å²) in [5.74, 6) is 2.51. The molecule has 6 nitrogen and oxygen atoms in total. The SMILES string of the molecule is Cc1cc(N2CCN(C(=O)CC3CCCN3)CC2)nc(C(C)C)n1.Cl.Cl. The Balaban J connectivity index is 0.00000169. The van der Waals surface area contributed by atoms with Crippen molar-refractivity contribution in [2.75, 3.05) is 37.6 Å². The number of aryl methyl sites for hydroxylation is 1. The van der Waals surface area contributed by atoms with Crippen molar-refractivity contribution in [1.29, 1.82) is 0 Å². The number of amides is 1. The number of hydrogen-bond donors (Lipinski definition) is 1. The fourth-order valence-corrected chi connectivity index (χ4v) is 3.45. The number of nitrogens with one attached hydrogen (secondary N) is 1. The highest BCUT2D eigenvalue weighted by Gasteiger charge is 2.25. The fraction of sp³-hybridized carbons (Fsp3) is 0.722. The zero-order valence-corrected chi connectivity index (χ0v) is 17.5. The van der Waals surface area contributed by atoms with Crippen LogP contribution >= 0.6 is 24.8 Å². The highest BCUT2D eigenvalue weighted by atomic mass is 35.5. The highest BCUT2D eigenvalue weighted by molar-refractivity contribution is 5.85. The van der Waals surface area contributed by atoms with Crippen molar-refractivity contribution in [3.63, 3.8) is 0 Å². The van der Waals surface area contributed by atoms with Gasteiger partial charge in [0.05, 0.1) is 0 Å². The van der Waals surface area contributed by atoms with Crippen molar-refractivity contribution in [3.05, 3.63) is 17.6 Å². The van der Waals surface area contributed by atoms with Gasteiger partial charge in [-0.05, 0) is 26.3 Å². The molecule has 2 aliphatic heterocycles. The molecule has 2 saturated heterocycles. The smallest absolute Gasteiger partial charge is 0.224 e. The number of carbonyl (C=O) groups excluding carboxylic acids is 1. The lowest BCUT2D eigenvalue weighted by molar-refractivity contribution is -0.131. The lowest BCUT2D eigenvalue weighted by Crippen LogP contribution is -2.50. The van der Waals surface area contributed by atoms with Gasteiger partial charge in [-0.2, -0.15) is 0 Å². The minimum atomic E-state index is 0. The zero-order valence-electron chi connectivity index (χ0n) is 15.9. The maximum absolute atomic E-state index is 12.4. The van der Waals surface area contributed by atoms with E-state index in [-0.39, 0.29) is 30.7 Å². The minimum Gasteiger partial charge on any atom is -0.353 e. The van der Waals surface area contributed by atoms with Gasteiger partial charge in [0.1, 0.15) is 11.6 Å². The molecule has 26 heavy (non-hydrogen) atoms. The lowest BCUT2D eigenvalue weighted by Gasteiger charge is -2.36. The molecule has 8 heteroatoms. The van der Waals surface area contributed by atoms with E-state index in [1.165, 1.54) is 6.42 Å². The van der Waals surface area contributed by atoms with Crippen LogP contribution in [-0.2, 0) is 4.79 Å². The molecule has 0 aromatic carbocycles. The van der Waals surface area contributed by atoms with E-state index in [0.29, 0.717) is 18.4 Å². The molecule has 0 saturated carbocycles. The monoisotopic (exact) mass is 403 g/mol. The minimum absolute atomic E-state index is 0. The van der Waals surface area contributed by atoms with E-state index < -0.39 is 0 Å². The molecule has 1 atom stereocenters. The molecule has 0 bridgehead atoms. The fourth-order valence-electron chi connectivity index (χ4n) is 3.45. The Labute approximate surface area is 169 Å². The van der Waals surface area contributed by atoms with Crippen LogP contribution in [0.15, 0.2) is 6.07 Å². The molecule has 1 amide bonds. The topological polar surface area (TPSA) is 61.4 Å². The molecule has 2 fully saturated rings. The van der Waals surface area contributed by atoms with Gasteiger partial charge in [0.2, 0.25) is 5.91 Å². The van der Waals surface area contributed by atoms with Gasteiger partial charge in [-0.1, -0.05) is 13.8 Å². The Kier molecular flexibility index (Phi) is 9.07. The van der Waals surface area contributed by atoms with E-state index in [9.17, 15) is 4.79 Å². The first-order valence-electron chi connectivity index (χ1n) is 9.14. The van der Waals surface area contributed by atoms with Crippen LogP contribution in [-0.4, -0.2) is 59.5 Å². The van der Waals surface area contributed by atoms with E-state index in [1.54, 1.807) is 0 Å². The Bertz CT molecular complexity index is 585. The van der Waals surface area contributed by atoms with Crippen molar-refractivity contribution in [2.45, 2.75) is 52.0 Å². The maximum atomic E-state index is 12.4. The molecule has 3 heterocycles. The number of aromatic nitrogens is 2. The average Bonchev–Trinajstić information content (AvgIpc) is 3.07. The third kappa shape index (κ3) is 5.69. The summed E-state index contributed by atoms with van der Waals surface area (Å²) >= 11 is 0. The van der Waals surface area contributed by atoms with Gasteiger partial charge < -0.3 is 15.1 Å². The third-order valence-electron chi connectivity index (χ3n) is 4.91. The van der Waals surface area contributed by atoms with Gasteiger partial charge in [0, 0.05) is 56.3 Å². The highest BCUT2D eigenvalue weighted by Crippen LogP contribution is 2.19. The van der Waals surface area contributed by atoms with E-state index in [4.69, 9.17) is 4.98 Å². The molecular formula is C18H31Cl2N5O. The predicted octanol–water partition coefficient (Wildman–Crippen LogP) is 2.54. The Morgan fingerprint density at radius 3 is 2.50 bits per heavy atom. The first-order valence-corrected chi connectivity index (χ1v) is 9.14. The number of rotatable bonds is 4. The second-order valence-electron chi connectivity index (χ2n) is 7.25. The number of anilines is 1. The molecule has 1 N–H and O–H groups in total. The Morgan fingerprint density at radius 2 is 1.92 bits per heavy atom. The molecule has 3 rings (SSSR count). The number of halogens is 2. The summed E-state index contributed by atoms with van der Waals surface area (Å²) in [6.45, 7) is 10.6. The largest absolute Gasteiger partial charge is 0.353 e. The van der Waals surface area contributed by atoms with Crippen molar-refractivity contribution in [1.82, 2.24) is 20.2 Å². The molecule has 0 radical (unpaired) electrons. The van der Waals surface area contributed by atoms with Crippen LogP contribution in [0.4, 0.5) is 5.82 Å². The molecule has 148 valence electrons. The van der Waals surface area contributed by atoms with E-state index in [2.05, 4.69) is 29.0 Å². The second kappa shape index (κ2) is 10.3. The zero-order chi connectivity index (χ0) is 17.1. The Morgan fingerprint density at radius 1 is 1.23 bits per heavy atom. The number of piperazine rings is 1. The van der Waals surface area contributed by atoms with Gasteiger partial charge in [-0.3, -0.25) is 4.79 Å². The van der Waals surface area contributed by atoms with Crippen LogP contribution in [0.2, 0.25) is 0 Å². The summed E-state index contributed by atoms with van der Waals surface area (Å²) in [5.41, 5.74) is 1.01. The summed E-state index contributed by atoms with van der Waals surface area (Å²) in [5, 5.41) is 3.41. The molecule has 0 spiro atoms. The van der Waals surface area contributed by atoms with Gasteiger partial charge in [0.15, 0.2) is 0 Å². The normalized spacial score (nSPS) is 19.9. The standard InChI is InChI=1S/C18H29N5O.2ClH/c1-13(2)18-20-14(3)11-16(21-18)22-7-9-23(10-8-22)17(24)12-15-5-4-6-19-15;;/h11,13,15,19H,4-10,12H2,1-3H3;2*1H. The van der Waals surface area contributed by atoms with Crippen LogP contribution in [0.3, 0.4) is 0 Å². The van der Waals surface area contributed by atoms with Gasteiger partial charge >= 0.3 is 0 Å². The summed E-state index contributed by atoms with van der Waals surface area (Å²) in [4.78, 5) is 26.0. The van der Waals surface area contributed by atoms with E-state index >= 15 is 0 Å². The van der Waals surface area contributed by atoms with Crippen molar-refractivity contribution in [2.24, 2.45) is 0 Å². The summed E-state index contributed by atoms with van der Waals surface area (Å²) in [6, 6.07) is 2.43. The molecule has 0 aliphatic carbocycles. The summed E-state index contributed by atoms with van der Waals surface area (Å²) in [7, 11) is 0. The van der Waals surface area contributed by atoms with Crippen molar-refractivity contribution < 1.29 is 4.79 Å². The van der Waals surface area contributed by atoms with Gasteiger partial charge in [-0.25, -0.2) is 9.97 Å². The number of hydrogen-bond acceptors (Lipinski definition) is 5.